The Morgan fingerprint density at radius 3 is 2.46 bits per heavy atom. The first-order valence-electron chi connectivity index (χ1n) is 14.4. The van der Waals surface area contributed by atoms with Gasteiger partial charge in [-0.15, -0.1) is 13.2 Å². The molecule has 0 bridgehead atoms. The minimum atomic E-state index is -4.70. The molecule has 2 amide bonds. The number of carbonyl (C=O) groups excluding carboxylic acids is 2. The van der Waals surface area contributed by atoms with Crippen LogP contribution in [0.4, 0.5) is 32.4 Å². The SMILES string of the molecule is CCC/C=N/N(C=C(C)C)CC(F)CCn1ccc(NC(=O)OC(C)(C)C)c(F)c1=O.O=CNCc1cccc(OC(F)(F)F)c1. The van der Waals surface area contributed by atoms with Crippen LogP contribution in [0, 0.1) is 5.82 Å². The molecule has 2 aromatic rings. The Hall–Kier alpha value is -4.43. The summed E-state index contributed by atoms with van der Waals surface area (Å²) in [6.07, 6.45) is 0.186. The van der Waals surface area contributed by atoms with Gasteiger partial charge in [0, 0.05) is 31.7 Å². The van der Waals surface area contributed by atoms with Crippen LogP contribution in [0.5, 0.6) is 5.75 Å². The fourth-order valence-corrected chi connectivity index (χ4v) is 3.54. The van der Waals surface area contributed by atoms with E-state index in [1.165, 1.54) is 35.5 Å². The van der Waals surface area contributed by atoms with Crippen molar-refractivity contribution in [2.75, 3.05) is 11.9 Å². The summed E-state index contributed by atoms with van der Waals surface area (Å²) in [5.74, 6) is -1.42. The van der Waals surface area contributed by atoms with Crippen molar-refractivity contribution in [1.82, 2.24) is 14.9 Å². The van der Waals surface area contributed by atoms with E-state index < -0.39 is 35.6 Å². The number of nitrogens with one attached hydrogen (secondary N) is 2. The lowest BCUT2D eigenvalue weighted by Crippen LogP contribution is -2.30. The lowest BCUT2D eigenvalue weighted by atomic mass is 10.2. The van der Waals surface area contributed by atoms with Crippen molar-refractivity contribution < 1.29 is 41.0 Å². The topological polar surface area (TPSA) is 114 Å². The van der Waals surface area contributed by atoms with Crippen molar-refractivity contribution >= 4 is 24.4 Å². The van der Waals surface area contributed by atoms with E-state index in [1.807, 2.05) is 20.8 Å². The van der Waals surface area contributed by atoms with E-state index >= 15 is 0 Å². The molecule has 1 aromatic heterocycles. The first-order chi connectivity index (χ1) is 21.4. The number of aryl methyl sites for hydroxylation is 1. The molecular formula is C31H42F5N5O5. The molecule has 1 atom stereocenters. The van der Waals surface area contributed by atoms with Crippen LogP contribution >= 0.6 is 0 Å². The molecule has 1 unspecified atom stereocenters. The molecule has 2 N–H and O–H groups in total. The molecule has 2 rings (SSSR count). The zero-order chi connectivity index (χ0) is 34.9. The van der Waals surface area contributed by atoms with Crippen LogP contribution in [0.3, 0.4) is 0 Å². The first kappa shape index (κ1) is 39.6. The Balaban J connectivity index is 0.000000587. The van der Waals surface area contributed by atoms with Gasteiger partial charge < -0.3 is 19.4 Å². The number of halogens is 5. The minimum absolute atomic E-state index is 0.00852. The first-order valence-corrected chi connectivity index (χ1v) is 14.4. The molecule has 0 radical (unpaired) electrons. The van der Waals surface area contributed by atoms with Crippen LogP contribution in [0.15, 0.2) is 58.2 Å². The van der Waals surface area contributed by atoms with Gasteiger partial charge in [-0.2, -0.15) is 9.49 Å². The van der Waals surface area contributed by atoms with Gasteiger partial charge in [-0.05, 0) is 71.2 Å². The molecule has 0 aliphatic carbocycles. The summed E-state index contributed by atoms with van der Waals surface area (Å²) in [4.78, 5) is 34.0. The Labute approximate surface area is 265 Å². The lowest BCUT2D eigenvalue weighted by molar-refractivity contribution is -0.274. The average molecular weight is 660 g/mol. The lowest BCUT2D eigenvalue weighted by Gasteiger charge is -2.20. The summed E-state index contributed by atoms with van der Waals surface area (Å²) in [6, 6.07) is 6.66. The van der Waals surface area contributed by atoms with E-state index in [9.17, 15) is 36.3 Å². The molecule has 0 fully saturated rings. The van der Waals surface area contributed by atoms with Crippen LogP contribution < -0.4 is 20.9 Å². The predicted molar refractivity (Wildman–Crippen MR) is 166 cm³/mol. The number of hydrazone groups is 1. The maximum atomic E-state index is 14.5. The molecule has 1 heterocycles. The number of nitrogens with zero attached hydrogens (tertiary/aromatic N) is 3. The third-order valence-corrected chi connectivity index (χ3v) is 5.39. The van der Waals surface area contributed by atoms with E-state index in [-0.39, 0.29) is 37.5 Å². The van der Waals surface area contributed by atoms with Crippen molar-refractivity contribution in [3.8, 4) is 5.75 Å². The molecule has 0 spiro atoms. The molecular weight excluding hydrogens is 617 g/mol. The second-order valence-corrected chi connectivity index (χ2v) is 11.2. The number of aromatic nitrogens is 1. The second-order valence-electron chi connectivity index (χ2n) is 11.2. The van der Waals surface area contributed by atoms with Gasteiger partial charge in [0.1, 0.15) is 17.5 Å². The highest BCUT2D eigenvalue weighted by Crippen LogP contribution is 2.23. The normalized spacial score (nSPS) is 12.0. The van der Waals surface area contributed by atoms with Crippen LogP contribution in [-0.4, -0.2) is 53.0 Å². The van der Waals surface area contributed by atoms with Gasteiger partial charge in [0.25, 0.3) is 5.56 Å². The monoisotopic (exact) mass is 659 g/mol. The fourth-order valence-electron chi connectivity index (χ4n) is 3.54. The number of alkyl halides is 4. The number of anilines is 1. The number of ether oxygens (including phenoxy) is 2. The summed E-state index contributed by atoms with van der Waals surface area (Å²) < 4.78 is 74.2. The predicted octanol–water partition coefficient (Wildman–Crippen LogP) is 6.91. The maximum Gasteiger partial charge on any atom is 0.573 e. The van der Waals surface area contributed by atoms with E-state index in [0.29, 0.717) is 12.0 Å². The molecule has 46 heavy (non-hydrogen) atoms. The van der Waals surface area contributed by atoms with E-state index in [4.69, 9.17) is 4.74 Å². The third kappa shape index (κ3) is 17.2. The standard InChI is InChI=1S/C22H34F2N4O3.C9H8F3NO2/c1-7-8-11-25-28(14-16(2)3)15-17(23)9-12-27-13-10-18(19(24)20(27)29)26-21(30)31-22(4,5)6;10-9(11,12)15-8-3-1-2-7(4-8)5-13-6-14/h10-11,13-14,17H,7-9,12,15H2,1-6H3,(H,26,30);1-4,6H,5H2,(H,13,14)/b25-11+;. The molecule has 15 heteroatoms. The highest BCUT2D eigenvalue weighted by molar-refractivity contribution is 5.84. The van der Waals surface area contributed by atoms with Crippen LogP contribution in [0.25, 0.3) is 0 Å². The Morgan fingerprint density at radius 1 is 1.17 bits per heavy atom. The number of rotatable bonds is 14. The van der Waals surface area contributed by atoms with Crippen molar-refractivity contribution in [2.24, 2.45) is 5.10 Å². The zero-order valence-corrected chi connectivity index (χ0v) is 26.8. The number of benzene rings is 1. The minimum Gasteiger partial charge on any atom is -0.444 e. The second kappa shape index (κ2) is 19.2. The van der Waals surface area contributed by atoms with Gasteiger partial charge in [0.05, 0.1) is 12.2 Å². The zero-order valence-electron chi connectivity index (χ0n) is 26.8. The van der Waals surface area contributed by atoms with E-state index in [1.54, 1.807) is 39.3 Å². The van der Waals surface area contributed by atoms with Gasteiger partial charge in [-0.3, -0.25) is 19.9 Å². The van der Waals surface area contributed by atoms with E-state index in [2.05, 4.69) is 20.5 Å². The van der Waals surface area contributed by atoms with Crippen molar-refractivity contribution in [3.63, 3.8) is 0 Å². The molecule has 0 saturated heterocycles. The maximum absolute atomic E-state index is 14.5. The van der Waals surface area contributed by atoms with Crippen LogP contribution in [-0.2, 0) is 22.6 Å². The van der Waals surface area contributed by atoms with Gasteiger partial charge in [-0.1, -0.05) is 31.1 Å². The highest BCUT2D eigenvalue weighted by Gasteiger charge is 2.31. The van der Waals surface area contributed by atoms with Gasteiger partial charge in [0.2, 0.25) is 12.2 Å². The summed E-state index contributed by atoms with van der Waals surface area (Å²) in [7, 11) is 0. The van der Waals surface area contributed by atoms with Gasteiger partial charge >= 0.3 is 12.5 Å². The third-order valence-electron chi connectivity index (χ3n) is 5.39. The van der Waals surface area contributed by atoms with Gasteiger partial charge in [-0.25, -0.2) is 9.18 Å². The summed E-state index contributed by atoms with van der Waals surface area (Å²) in [5, 5.41) is 10.3. The van der Waals surface area contributed by atoms with Crippen molar-refractivity contribution in [3.05, 3.63) is 70.0 Å². The van der Waals surface area contributed by atoms with E-state index in [0.717, 1.165) is 23.0 Å². The number of unbranched alkanes of at least 4 members (excludes halogenated alkanes) is 1. The number of carbonyl (C=O) groups is 2. The number of allylic oxidation sites excluding steroid dienone is 1. The quantitative estimate of drug-likeness (QED) is 0.0987. The largest absolute Gasteiger partial charge is 0.573 e. The Bertz CT molecular complexity index is 1370. The highest BCUT2D eigenvalue weighted by atomic mass is 19.4. The summed E-state index contributed by atoms with van der Waals surface area (Å²) >= 11 is 0. The smallest absolute Gasteiger partial charge is 0.444 e. The van der Waals surface area contributed by atoms with Crippen molar-refractivity contribution in [2.45, 2.75) is 92.0 Å². The average Bonchev–Trinajstić information content (AvgIpc) is 2.92. The number of hydrogen-bond donors (Lipinski definition) is 2. The van der Waals surface area contributed by atoms with Crippen LogP contribution in [0.1, 0.15) is 66.4 Å². The molecule has 1 aromatic carbocycles. The van der Waals surface area contributed by atoms with Crippen LogP contribution in [0.2, 0.25) is 0 Å². The molecule has 0 saturated carbocycles. The number of hydrogen-bond acceptors (Lipinski definition) is 7. The van der Waals surface area contributed by atoms with Gasteiger partial charge in [0.15, 0.2) is 0 Å². The summed E-state index contributed by atoms with van der Waals surface area (Å²) in [6.45, 7) is 11.0. The molecule has 0 aliphatic heterocycles. The molecule has 0 aliphatic rings. The Morgan fingerprint density at radius 2 is 1.87 bits per heavy atom. The molecule has 256 valence electrons. The summed E-state index contributed by atoms with van der Waals surface area (Å²) in [5.41, 5.74) is -0.475. The number of pyridine rings is 1. The Kier molecular flexibility index (Phi) is 16.5. The molecule has 10 nitrogen and oxygen atoms in total. The van der Waals surface area contributed by atoms with Crippen molar-refractivity contribution in [1.29, 1.82) is 0 Å². The number of amides is 2. The fraction of sp³-hybridized carbons (Fsp3) is 0.484.